The number of hydrogen-bond acceptors (Lipinski definition) is 4. The summed E-state index contributed by atoms with van der Waals surface area (Å²) in [6, 6.07) is 6.18. The van der Waals surface area contributed by atoms with Crippen LogP contribution in [0.1, 0.15) is 35.3 Å². The molecule has 0 spiro atoms. The second-order valence-corrected chi connectivity index (χ2v) is 5.27. The molecule has 116 valence electrons. The zero-order chi connectivity index (χ0) is 16.1. The first-order valence-corrected chi connectivity index (χ1v) is 7.50. The lowest BCUT2D eigenvalue weighted by atomic mass is 10.1. The third-order valence-electron chi connectivity index (χ3n) is 3.43. The van der Waals surface area contributed by atoms with Crippen LogP contribution < -0.4 is 5.32 Å². The maximum absolute atomic E-state index is 12.2. The van der Waals surface area contributed by atoms with Crippen LogP contribution in [-0.4, -0.2) is 33.9 Å². The van der Waals surface area contributed by atoms with Gasteiger partial charge in [0.05, 0.1) is 5.56 Å². The zero-order valence-corrected chi connectivity index (χ0v) is 13.6. The van der Waals surface area contributed by atoms with Crippen molar-refractivity contribution in [3.05, 3.63) is 47.3 Å². The number of anilines is 2. The Morgan fingerprint density at radius 1 is 1.05 bits per heavy atom. The highest BCUT2D eigenvalue weighted by atomic mass is 16.2. The van der Waals surface area contributed by atoms with E-state index < -0.39 is 0 Å². The van der Waals surface area contributed by atoms with Crippen LogP contribution >= 0.6 is 0 Å². The summed E-state index contributed by atoms with van der Waals surface area (Å²) in [5.74, 6) is 0.448. The SMILES string of the molecule is CCN(CC)C(=O)c1cnc(Nc2cc(C)cc(C)c2)nc1. The van der Waals surface area contributed by atoms with Gasteiger partial charge in [0.25, 0.3) is 5.91 Å². The van der Waals surface area contributed by atoms with Crippen LogP contribution in [0.25, 0.3) is 0 Å². The first kappa shape index (κ1) is 15.9. The van der Waals surface area contributed by atoms with Crippen LogP contribution in [0.15, 0.2) is 30.6 Å². The average Bonchev–Trinajstić information content (AvgIpc) is 2.48. The second kappa shape index (κ2) is 7.02. The summed E-state index contributed by atoms with van der Waals surface area (Å²) in [4.78, 5) is 22.4. The summed E-state index contributed by atoms with van der Waals surface area (Å²) in [6.07, 6.45) is 3.14. The van der Waals surface area contributed by atoms with Gasteiger partial charge in [0.2, 0.25) is 5.95 Å². The van der Waals surface area contributed by atoms with Crippen LogP contribution in [0.2, 0.25) is 0 Å². The number of amides is 1. The molecule has 0 aliphatic heterocycles. The molecule has 0 bridgehead atoms. The van der Waals surface area contributed by atoms with E-state index in [0.717, 1.165) is 5.69 Å². The number of benzene rings is 1. The van der Waals surface area contributed by atoms with E-state index in [-0.39, 0.29) is 5.91 Å². The number of aromatic nitrogens is 2. The third kappa shape index (κ3) is 3.81. The number of rotatable bonds is 5. The van der Waals surface area contributed by atoms with Gasteiger partial charge in [0.1, 0.15) is 0 Å². The van der Waals surface area contributed by atoms with E-state index >= 15 is 0 Å². The lowest BCUT2D eigenvalue weighted by Crippen LogP contribution is -2.30. The van der Waals surface area contributed by atoms with E-state index in [9.17, 15) is 4.79 Å². The summed E-state index contributed by atoms with van der Waals surface area (Å²) >= 11 is 0. The quantitative estimate of drug-likeness (QED) is 0.920. The fourth-order valence-electron chi connectivity index (χ4n) is 2.37. The van der Waals surface area contributed by atoms with Gasteiger partial charge in [-0.05, 0) is 51.0 Å². The van der Waals surface area contributed by atoms with Gasteiger partial charge in [-0.15, -0.1) is 0 Å². The molecule has 1 aromatic carbocycles. The Balaban J connectivity index is 2.13. The fraction of sp³-hybridized carbons (Fsp3) is 0.353. The van der Waals surface area contributed by atoms with Crippen molar-refractivity contribution in [1.82, 2.24) is 14.9 Å². The van der Waals surface area contributed by atoms with Gasteiger partial charge in [-0.1, -0.05) is 6.07 Å². The minimum Gasteiger partial charge on any atom is -0.339 e. The van der Waals surface area contributed by atoms with Gasteiger partial charge in [0, 0.05) is 31.2 Å². The van der Waals surface area contributed by atoms with Crippen molar-refractivity contribution in [3.8, 4) is 0 Å². The minimum atomic E-state index is -0.0389. The van der Waals surface area contributed by atoms with E-state index in [1.807, 2.05) is 39.8 Å². The van der Waals surface area contributed by atoms with Crippen LogP contribution in [0, 0.1) is 13.8 Å². The average molecular weight is 298 g/mol. The standard InChI is InChI=1S/C17H22N4O/c1-5-21(6-2)16(22)14-10-18-17(19-11-14)20-15-8-12(3)7-13(4)9-15/h7-11H,5-6H2,1-4H3,(H,18,19,20). The molecule has 0 unspecified atom stereocenters. The molecular weight excluding hydrogens is 276 g/mol. The van der Waals surface area contributed by atoms with Gasteiger partial charge in [-0.25, -0.2) is 9.97 Å². The highest BCUT2D eigenvalue weighted by Crippen LogP contribution is 2.17. The Kier molecular flexibility index (Phi) is 5.09. The van der Waals surface area contributed by atoms with Crippen molar-refractivity contribution in [3.63, 3.8) is 0 Å². The maximum Gasteiger partial charge on any atom is 0.256 e. The molecule has 0 aliphatic carbocycles. The van der Waals surface area contributed by atoms with Crippen molar-refractivity contribution >= 4 is 17.5 Å². The lowest BCUT2D eigenvalue weighted by Gasteiger charge is -2.18. The Morgan fingerprint density at radius 3 is 2.09 bits per heavy atom. The lowest BCUT2D eigenvalue weighted by molar-refractivity contribution is 0.0772. The number of carbonyl (C=O) groups excluding carboxylic acids is 1. The normalized spacial score (nSPS) is 10.4. The second-order valence-electron chi connectivity index (χ2n) is 5.27. The van der Waals surface area contributed by atoms with E-state index in [4.69, 9.17) is 0 Å². The molecule has 1 heterocycles. The molecule has 0 atom stereocenters. The van der Waals surface area contributed by atoms with Crippen LogP contribution in [0.3, 0.4) is 0 Å². The molecule has 2 rings (SSSR count). The molecule has 0 saturated heterocycles. The molecule has 5 nitrogen and oxygen atoms in total. The monoisotopic (exact) mass is 298 g/mol. The van der Waals surface area contributed by atoms with Crippen molar-refractivity contribution in [2.24, 2.45) is 0 Å². The number of hydrogen-bond donors (Lipinski definition) is 1. The molecule has 2 aromatic rings. The first-order valence-electron chi connectivity index (χ1n) is 7.50. The van der Waals surface area contributed by atoms with Gasteiger partial charge in [-0.3, -0.25) is 4.79 Å². The fourth-order valence-corrected chi connectivity index (χ4v) is 2.37. The highest BCUT2D eigenvalue weighted by molar-refractivity contribution is 5.93. The van der Waals surface area contributed by atoms with Crippen LogP contribution in [-0.2, 0) is 0 Å². The Bertz CT molecular complexity index is 628. The molecule has 0 aliphatic rings. The molecule has 0 radical (unpaired) electrons. The van der Waals surface area contributed by atoms with Crippen molar-refractivity contribution < 1.29 is 4.79 Å². The molecule has 1 aromatic heterocycles. The van der Waals surface area contributed by atoms with E-state index in [1.165, 1.54) is 11.1 Å². The Morgan fingerprint density at radius 2 is 1.59 bits per heavy atom. The number of nitrogens with one attached hydrogen (secondary N) is 1. The predicted octanol–water partition coefficient (Wildman–Crippen LogP) is 3.32. The smallest absolute Gasteiger partial charge is 0.256 e. The Labute approximate surface area is 131 Å². The molecule has 22 heavy (non-hydrogen) atoms. The summed E-state index contributed by atoms with van der Waals surface area (Å²) < 4.78 is 0. The largest absolute Gasteiger partial charge is 0.339 e. The molecule has 0 saturated carbocycles. The number of nitrogens with zero attached hydrogens (tertiary/aromatic N) is 3. The topological polar surface area (TPSA) is 58.1 Å². The highest BCUT2D eigenvalue weighted by Gasteiger charge is 2.13. The third-order valence-corrected chi connectivity index (χ3v) is 3.43. The molecule has 1 amide bonds. The van der Waals surface area contributed by atoms with E-state index in [0.29, 0.717) is 24.6 Å². The summed E-state index contributed by atoms with van der Waals surface area (Å²) in [7, 11) is 0. The zero-order valence-electron chi connectivity index (χ0n) is 13.6. The van der Waals surface area contributed by atoms with Gasteiger partial charge < -0.3 is 10.2 Å². The first-order chi connectivity index (χ1) is 10.5. The minimum absolute atomic E-state index is 0.0389. The molecular formula is C17H22N4O. The van der Waals surface area contributed by atoms with Gasteiger partial charge in [-0.2, -0.15) is 0 Å². The summed E-state index contributed by atoms with van der Waals surface area (Å²) in [5.41, 5.74) is 3.81. The van der Waals surface area contributed by atoms with Gasteiger partial charge in [0.15, 0.2) is 0 Å². The number of aryl methyl sites for hydroxylation is 2. The van der Waals surface area contributed by atoms with Crippen LogP contribution in [0.4, 0.5) is 11.6 Å². The van der Waals surface area contributed by atoms with Crippen molar-refractivity contribution in [1.29, 1.82) is 0 Å². The van der Waals surface area contributed by atoms with Crippen molar-refractivity contribution in [2.75, 3.05) is 18.4 Å². The van der Waals surface area contributed by atoms with Gasteiger partial charge >= 0.3 is 0 Å². The molecule has 0 fully saturated rings. The van der Waals surface area contributed by atoms with E-state index in [2.05, 4.69) is 21.4 Å². The summed E-state index contributed by atoms with van der Waals surface area (Å²) in [6.45, 7) is 9.36. The molecule has 1 N–H and O–H groups in total. The van der Waals surface area contributed by atoms with Crippen molar-refractivity contribution in [2.45, 2.75) is 27.7 Å². The summed E-state index contributed by atoms with van der Waals surface area (Å²) in [5, 5.41) is 3.16. The Hall–Kier alpha value is -2.43. The molecule has 5 heteroatoms. The van der Waals surface area contributed by atoms with Crippen LogP contribution in [0.5, 0.6) is 0 Å². The van der Waals surface area contributed by atoms with E-state index in [1.54, 1.807) is 17.3 Å². The maximum atomic E-state index is 12.2. The number of carbonyl (C=O) groups is 1. The predicted molar refractivity (Wildman–Crippen MR) is 88.5 cm³/mol.